The number of nitrogens with one attached hydrogen (secondary N) is 2. The highest BCUT2D eigenvalue weighted by atomic mass is 79.9. The molecular weight excluding hydrogens is 430 g/mol. The summed E-state index contributed by atoms with van der Waals surface area (Å²) < 4.78 is 23.5. The van der Waals surface area contributed by atoms with Gasteiger partial charge in [0.1, 0.15) is 19.8 Å². The predicted molar refractivity (Wildman–Crippen MR) is 104 cm³/mol. The van der Waals surface area contributed by atoms with Crippen LogP contribution in [0.25, 0.3) is 0 Å². The fraction of sp³-hybridized carbons (Fsp3) is 0.278. The lowest BCUT2D eigenvalue weighted by molar-refractivity contribution is 0.171. The number of hydrogen-bond donors (Lipinski definition) is 2. The molecule has 1 aliphatic heterocycles. The van der Waals surface area contributed by atoms with Gasteiger partial charge in [-0.2, -0.15) is 5.21 Å². The molecule has 1 aromatic heterocycles. The summed E-state index contributed by atoms with van der Waals surface area (Å²) in [7, 11) is 1.61. The number of hydrogen-bond acceptors (Lipinski definition) is 8. The quantitative estimate of drug-likeness (QED) is 0.569. The van der Waals surface area contributed by atoms with Crippen LogP contribution in [-0.2, 0) is 13.2 Å². The van der Waals surface area contributed by atoms with E-state index < -0.39 is 0 Å². The summed E-state index contributed by atoms with van der Waals surface area (Å²) >= 11 is 3.56. The minimum absolute atomic E-state index is 0.367. The van der Waals surface area contributed by atoms with Crippen LogP contribution >= 0.6 is 15.9 Å². The first-order chi connectivity index (χ1) is 13.7. The Labute approximate surface area is 169 Å². The van der Waals surface area contributed by atoms with Gasteiger partial charge in [-0.3, -0.25) is 0 Å². The molecule has 0 atom stereocenters. The Morgan fingerprint density at radius 2 is 2.00 bits per heavy atom. The van der Waals surface area contributed by atoms with Crippen molar-refractivity contribution in [3.63, 3.8) is 0 Å². The molecular formula is C18H18BrN5O4. The minimum Gasteiger partial charge on any atom is -0.493 e. The van der Waals surface area contributed by atoms with E-state index in [9.17, 15) is 0 Å². The number of benzene rings is 2. The smallest absolute Gasteiger partial charge is 0.263 e. The summed E-state index contributed by atoms with van der Waals surface area (Å²) in [6.45, 7) is 2.00. The van der Waals surface area contributed by atoms with Gasteiger partial charge in [0.05, 0.1) is 11.6 Å². The molecule has 146 valence electrons. The number of aromatic amines is 1. The van der Waals surface area contributed by atoms with E-state index in [-0.39, 0.29) is 0 Å². The zero-order chi connectivity index (χ0) is 19.3. The molecule has 0 saturated carbocycles. The van der Waals surface area contributed by atoms with Crippen molar-refractivity contribution < 1.29 is 18.9 Å². The topological polar surface area (TPSA) is 103 Å². The molecule has 0 bridgehead atoms. The van der Waals surface area contributed by atoms with Gasteiger partial charge in [-0.15, -0.1) is 5.10 Å². The maximum atomic E-state index is 6.01. The summed E-state index contributed by atoms with van der Waals surface area (Å²) in [5, 5.41) is 16.7. The van der Waals surface area contributed by atoms with Gasteiger partial charge in [-0.05, 0) is 56.5 Å². The zero-order valence-electron chi connectivity index (χ0n) is 15.1. The maximum absolute atomic E-state index is 6.01. The molecule has 0 amide bonds. The Hall–Kier alpha value is -3.01. The average Bonchev–Trinajstić information content (AvgIpc) is 3.24. The first kappa shape index (κ1) is 18.4. The van der Waals surface area contributed by atoms with E-state index >= 15 is 0 Å². The lowest BCUT2D eigenvalue weighted by atomic mass is 10.2. The summed E-state index contributed by atoms with van der Waals surface area (Å²) in [4.78, 5) is 0. The number of H-pyrrole nitrogens is 1. The van der Waals surface area contributed by atoms with E-state index in [0.29, 0.717) is 43.8 Å². The van der Waals surface area contributed by atoms with Gasteiger partial charge in [-0.1, -0.05) is 11.2 Å². The minimum atomic E-state index is 0.367. The number of ether oxygens (including phenoxy) is 4. The third-order valence-corrected chi connectivity index (χ3v) is 4.66. The highest BCUT2D eigenvalue weighted by Crippen LogP contribution is 2.38. The molecule has 0 unspecified atom stereocenters. The third-order valence-electron chi connectivity index (χ3n) is 4.07. The second-order valence-corrected chi connectivity index (χ2v) is 6.82. The van der Waals surface area contributed by atoms with E-state index in [2.05, 4.69) is 41.9 Å². The highest BCUT2D eigenvalue weighted by Gasteiger charge is 2.15. The van der Waals surface area contributed by atoms with Crippen molar-refractivity contribution in [3.8, 4) is 23.0 Å². The normalized spacial score (nSPS) is 12.5. The molecule has 0 radical (unpaired) electrons. The Morgan fingerprint density at radius 1 is 1.14 bits per heavy atom. The fourth-order valence-electron chi connectivity index (χ4n) is 2.77. The number of halogens is 1. The van der Waals surface area contributed by atoms with Crippen molar-refractivity contribution in [1.82, 2.24) is 20.6 Å². The van der Waals surface area contributed by atoms with E-state index in [1.54, 1.807) is 7.11 Å². The summed E-state index contributed by atoms with van der Waals surface area (Å²) in [5.74, 6) is 3.17. The molecule has 10 heteroatoms. The molecule has 0 fully saturated rings. The van der Waals surface area contributed by atoms with Gasteiger partial charge >= 0.3 is 0 Å². The van der Waals surface area contributed by atoms with Crippen LogP contribution in [0.4, 0.5) is 5.95 Å². The van der Waals surface area contributed by atoms with Crippen LogP contribution in [0, 0.1) is 0 Å². The van der Waals surface area contributed by atoms with Crippen molar-refractivity contribution in [2.45, 2.75) is 13.2 Å². The van der Waals surface area contributed by atoms with Crippen molar-refractivity contribution in [3.05, 3.63) is 45.9 Å². The van der Waals surface area contributed by atoms with Crippen LogP contribution in [-0.4, -0.2) is 40.9 Å². The lowest BCUT2D eigenvalue weighted by Crippen LogP contribution is -2.15. The molecule has 2 N–H and O–H groups in total. The van der Waals surface area contributed by atoms with Crippen molar-refractivity contribution >= 4 is 21.9 Å². The number of tetrazole rings is 1. The van der Waals surface area contributed by atoms with Gasteiger partial charge in [0.2, 0.25) is 0 Å². The van der Waals surface area contributed by atoms with Gasteiger partial charge in [0.15, 0.2) is 23.0 Å². The van der Waals surface area contributed by atoms with Crippen molar-refractivity contribution in [2.75, 3.05) is 25.6 Å². The van der Waals surface area contributed by atoms with Crippen LogP contribution in [0.2, 0.25) is 0 Å². The van der Waals surface area contributed by atoms with Gasteiger partial charge in [0.25, 0.3) is 5.95 Å². The first-order valence-corrected chi connectivity index (χ1v) is 9.37. The number of nitrogens with zero attached hydrogens (tertiary/aromatic N) is 3. The van der Waals surface area contributed by atoms with E-state index in [0.717, 1.165) is 27.1 Å². The summed E-state index contributed by atoms with van der Waals surface area (Å²) in [6.07, 6.45) is 0. The SMILES string of the molecule is COc1cc(CNc2nn[nH]n2)cc(Br)c1OCc1ccc2c(c1)OCCO2. The van der Waals surface area contributed by atoms with E-state index in [1.807, 2.05) is 30.3 Å². The number of methoxy groups -OCH3 is 1. The predicted octanol–water partition coefficient (Wildman–Crippen LogP) is 2.93. The fourth-order valence-corrected chi connectivity index (χ4v) is 3.37. The van der Waals surface area contributed by atoms with Crippen molar-refractivity contribution in [1.29, 1.82) is 0 Å². The van der Waals surface area contributed by atoms with Crippen LogP contribution in [0.15, 0.2) is 34.8 Å². The van der Waals surface area contributed by atoms with Crippen LogP contribution in [0.5, 0.6) is 23.0 Å². The molecule has 4 rings (SSSR count). The Morgan fingerprint density at radius 3 is 2.79 bits per heavy atom. The second kappa shape index (κ2) is 8.34. The molecule has 1 aliphatic rings. The molecule has 9 nitrogen and oxygen atoms in total. The van der Waals surface area contributed by atoms with Crippen LogP contribution in [0.3, 0.4) is 0 Å². The Kier molecular flexibility index (Phi) is 5.47. The number of rotatable bonds is 7. The molecule has 0 spiro atoms. The second-order valence-electron chi connectivity index (χ2n) is 5.96. The Balaban J connectivity index is 1.46. The standard InChI is InChI=1S/C18H18BrN5O4/c1-25-16-8-12(9-20-18-21-23-24-22-18)6-13(19)17(16)28-10-11-2-3-14-15(7-11)27-5-4-26-14/h2-3,6-8H,4-5,9-10H2,1H3,(H2,20,21,22,23,24). The van der Waals surface area contributed by atoms with Gasteiger partial charge in [-0.25, -0.2) is 0 Å². The van der Waals surface area contributed by atoms with Gasteiger partial charge in [0, 0.05) is 6.54 Å². The number of fused-ring (bicyclic) bond motifs is 1. The zero-order valence-corrected chi connectivity index (χ0v) is 16.7. The molecule has 0 aliphatic carbocycles. The van der Waals surface area contributed by atoms with Gasteiger partial charge < -0.3 is 24.3 Å². The molecule has 2 aromatic carbocycles. The molecule has 2 heterocycles. The van der Waals surface area contributed by atoms with Crippen molar-refractivity contribution in [2.24, 2.45) is 0 Å². The molecule has 3 aromatic rings. The van der Waals surface area contributed by atoms with E-state index in [4.69, 9.17) is 18.9 Å². The number of anilines is 1. The lowest BCUT2D eigenvalue weighted by Gasteiger charge is -2.19. The van der Waals surface area contributed by atoms with Crippen LogP contribution in [0.1, 0.15) is 11.1 Å². The largest absolute Gasteiger partial charge is 0.493 e. The number of aromatic nitrogens is 4. The maximum Gasteiger partial charge on any atom is 0.263 e. The first-order valence-electron chi connectivity index (χ1n) is 8.58. The monoisotopic (exact) mass is 447 g/mol. The van der Waals surface area contributed by atoms with E-state index in [1.165, 1.54) is 0 Å². The molecule has 0 saturated heterocycles. The summed E-state index contributed by atoms with van der Waals surface area (Å²) in [6, 6.07) is 9.63. The molecule has 28 heavy (non-hydrogen) atoms. The average molecular weight is 448 g/mol. The summed E-state index contributed by atoms with van der Waals surface area (Å²) in [5.41, 5.74) is 1.95. The third kappa shape index (κ3) is 4.11. The van der Waals surface area contributed by atoms with Crippen LogP contribution < -0.4 is 24.3 Å². The Bertz CT molecular complexity index is 951. The highest BCUT2D eigenvalue weighted by molar-refractivity contribution is 9.10.